The number of likely N-dealkylation sites (N-methyl/N-ethyl adjacent to an activating group) is 1. The van der Waals surface area contributed by atoms with Gasteiger partial charge in [-0.25, -0.2) is 8.42 Å². The summed E-state index contributed by atoms with van der Waals surface area (Å²) in [5.41, 5.74) is 0.489. The Hall–Kier alpha value is -1.93. The summed E-state index contributed by atoms with van der Waals surface area (Å²) < 4.78 is 31.2. The second-order valence-electron chi connectivity index (χ2n) is 5.08. The van der Waals surface area contributed by atoms with E-state index >= 15 is 0 Å². The summed E-state index contributed by atoms with van der Waals surface area (Å²) in [5, 5.41) is 0. The molecule has 0 bridgehead atoms. The molecule has 0 unspecified atom stereocenters. The third kappa shape index (κ3) is 3.28. The van der Waals surface area contributed by atoms with Crippen LogP contribution in [0.1, 0.15) is 12.5 Å². The summed E-state index contributed by atoms with van der Waals surface area (Å²) in [6.07, 6.45) is 0. The van der Waals surface area contributed by atoms with E-state index in [1.165, 1.54) is 11.0 Å². The van der Waals surface area contributed by atoms with Crippen LogP contribution in [0.5, 0.6) is 0 Å². The highest BCUT2D eigenvalue weighted by Gasteiger charge is 2.30. The topological polar surface area (TPSA) is 88.1 Å². The zero-order valence-corrected chi connectivity index (χ0v) is 13.6. The van der Waals surface area contributed by atoms with Crippen LogP contribution in [0.15, 0.2) is 34.2 Å². The highest BCUT2D eigenvalue weighted by atomic mass is 32.2. The van der Waals surface area contributed by atoms with Crippen LogP contribution in [0.4, 0.5) is 0 Å². The third-order valence-corrected chi connectivity index (χ3v) is 4.89. The quantitative estimate of drug-likeness (QED) is 0.839. The van der Waals surface area contributed by atoms with Crippen LogP contribution in [-0.2, 0) is 19.6 Å². The van der Waals surface area contributed by atoms with Crippen molar-refractivity contribution in [3.05, 3.63) is 29.8 Å². The highest BCUT2D eigenvalue weighted by Crippen LogP contribution is 2.22. The zero-order valence-electron chi connectivity index (χ0n) is 12.7. The molecule has 1 aromatic carbocycles. The number of amides is 1. The Morgan fingerprint density at radius 2 is 2.09 bits per heavy atom. The molecule has 1 aliphatic rings. The largest absolute Gasteiger partial charge is 0.383 e. The minimum Gasteiger partial charge on any atom is -0.383 e. The molecule has 1 N–H and O–H groups in total. The Kier molecular flexibility index (Phi) is 4.82. The fourth-order valence-corrected chi connectivity index (χ4v) is 3.36. The van der Waals surface area contributed by atoms with E-state index in [0.717, 1.165) is 0 Å². The van der Waals surface area contributed by atoms with Crippen LogP contribution in [0.3, 0.4) is 0 Å². The van der Waals surface area contributed by atoms with Crippen molar-refractivity contribution in [1.82, 2.24) is 9.62 Å². The number of carbonyl (C=O) groups excluding carboxylic acids is 1. The van der Waals surface area contributed by atoms with Crippen molar-refractivity contribution in [2.75, 3.05) is 27.3 Å². The predicted molar refractivity (Wildman–Crippen MR) is 82.3 cm³/mol. The molecular formula is C14H19N3O4S. The Balaban J connectivity index is 2.14. The van der Waals surface area contributed by atoms with Crippen molar-refractivity contribution in [3.8, 4) is 0 Å². The van der Waals surface area contributed by atoms with Crippen LogP contribution in [0.2, 0.25) is 0 Å². The number of nitrogens with one attached hydrogen (secondary N) is 1. The van der Waals surface area contributed by atoms with Gasteiger partial charge in [-0.2, -0.15) is 0 Å². The molecule has 1 aromatic rings. The van der Waals surface area contributed by atoms with E-state index in [0.29, 0.717) is 12.2 Å². The Morgan fingerprint density at radius 3 is 2.77 bits per heavy atom. The van der Waals surface area contributed by atoms with Crippen LogP contribution < -0.4 is 4.72 Å². The molecule has 0 fully saturated rings. The van der Waals surface area contributed by atoms with Crippen LogP contribution in [-0.4, -0.2) is 58.4 Å². The number of aliphatic imine (C=N–C) groups is 1. The van der Waals surface area contributed by atoms with E-state index in [-0.39, 0.29) is 29.2 Å². The van der Waals surface area contributed by atoms with Gasteiger partial charge in [0.1, 0.15) is 12.4 Å². The number of rotatable bonds is 5. The SMILES string of the molecule is COC[C@@H](C)N(C)C(=O)CN=C1NS(=O)(=O)c2ccccc21. The summed E-state index contributed by atoms with van der Waals surface area (Å²) in [7, 11) is -0.339. The molecule has 2 rings (SSSR count). The van der Waals surface area contributed by atoms with E-state index in [1.807, 2.05) is 6.92 Å². The van der Waals surface area contributed by atoms with E-state index < -0.39 is 10.0 Å². The van der Waals surface area contributed by atoms with Crippen LogP contribution in [0, 0.1) is 0 Å². The Labute approximate surface area is 130 Å². The number of benzene rings is 1. The van der Waals surface area contributed by atoms with Crippen molar-refractivity contribution in [2.24, 2.45) is 4.99 Å². The zero-order chi connectivity index (χ0) is 16.3. The van der Waals surface area contributed by atoms with Crippen molar-refractivity contribution < 1.29 is 17.9 Å². The summed E-state index contributed by atoms with van der Waals surface area (Å²) in [6.45, 7) is 2.16. The lowest BCUT2D eigenvalue weighted by atomic mass is 10.2. The monoisotopic (exact) mass is 325 g/mol. The second kappa shape index (κ2) is 6.45. The molecule has 0 radical (unpaired) electrons. The van der Waals surface area contributed by atoms with Gasteiger partial charge in [-0.1, -0.05) is 12.1 Å². The van der Waals surface area contributed by atoms with E-state index in [9.17, 15) is 13.2 Å². The molecule has 7 nitrogen and oxygen atoms in total. The van der Waals surface area contributed by atoms with E-state index in [2.05, 4.69) is 9.71 Å². The molecule has 1 heterocycles. The highest BCUT2D eigenvalue weighted by molar-refractivity contribution is 7.90. The molecular weight excluding hydrogens is 306 g/mol. The van der Waals surface area contributed by atoms with Gasteiger partial charge in [0.05, 0.1) is 17.5 Å². The lowest BCUT2D eigenvalue weighted by Crippen LogP contribution is -2.39. The molecule has 8 heteroatoms. The van der Waals surface area contributed by atoms with Gasteiger partial charge >= 0.3 is 0 Å². The molecule has 0 spiro atoms. The van der Waals surface area contributed by atoms with Gasteiger partial charge in [0.15, 0.2) is 0 Å². The molecule has 22 heavy (non-hydrogen) atoms. The lowest BCUT2D eigenvalue weighted by molar-refractivity contribution is -0.131. The summed E-state index contributed by atoms with van der Waals surface area (Å²) >= 11 is 0. The third-order valence-electron chi connectivity index (χ3n) is 3.50. The van der Waals surface area contributed by atoms with Crippen molar-refractivity contribution >= 4 is 21.8 Å². The van der Waals surface area contributed by atoms with Gasteiger partial charge in [0, 0.05) is 19.7 Å². The molecule has 120 valence electrons. The van der Waals surface area contributed by atoms with Gasteiger partial charge in [0.2, 0.25) is 5.91 Å². The normalized spacial score (nSPS) is 18.6. The van der Waals surface area contributed by atoms with Gasteiger partial charge in [-0.3, -0.25) is 14.5 Å². The number of methoxy groups -OCH3 is 1. The van der Waals surface area contributed by atoms with Gasteiger partial charge < -0.3 is 9.64 Å². The average Bonchev–Trinajstić information content (AvgIpc) is 2.76. The molecule has 1 aliphatic heterocycles. The number of fused-ring (bicyclic) bond motifs is 1. The predicted octanol–water partition coefficient (Wildman–Crippen LogP) is 0.218. The average molecular weight is 325 g/mol. The standard InChI is InChI=1S/C14H19N3O4S/c1-10(9-21-3)17(2)13(18)8-15-14-11-6-4-5-7-12(11)22(19,20)16-14/h4-7,10H,8-9H2,1-3H3,(H,15,16)/t10-/m1/s1. The van der Waals surface area contributed by atoms with E-state index in [1.54, 1.807) is 32.4 Å². The lowest BCUT2D eigenvalue weighted by Gasteiger charge is -2.23. The van der Waals surface area contributed by atoms with Gasteiger partial charge in [-0.15, -0.1) is 0 Å². The first kappa shape index (κ1) is 16.4. The fourth-order valence-electron chi connectivity index (χ4n) is 2.11. The minimum absolute atomic E-state index is 0.0785. The summed E-state index contributed by atoms with van der Waals surface area (Å²) in [5.74, 6) is -0.00243. The first-order chi connectivity index (χ1) is 10.4. The Bertz CT molecular complexity index is 700. The van der Waals surface area contributed by atoms with Crippen molar-refractivity contribution in [2.45, 2.75) is 17.9 Å². The van der Waals surface area contributed by atoms with Crippen molar-refractivity contribution in [1.29, 1.82) is 0 Å². The first-order valence-electron chi connectivity index (χ1n) is 6.78. The van der Waals surface area contributed by atoms with E-state index in [4.69, 9.17) is 4.74 Å². The maximum absolute atomic E-state index is 12.1. The number of sulfonamides is 1. The smallest absolute Gasteiger partial charge is 0.263 e. The summed E-state index contributed by atoms with van der Waals surface area (Å²) in [6, 6.07) is 6.46. The maximum Gasteiger partial charge on any atom is 0.263 e. The number of nitrogens with zero attached hydrogens (tertiary/aromatic N) is 2. The number of carbonyl (C=O) groups is 1. The van der Waals surface area contributed by atoms with Crippen LogP contribution in [0.25, 0.3) is 0 Å². The van der Waals surface area contributed by atoms with Gasteiger partial charge in [-0.05, 0) is 19.1 Å². The molecule has 1 amide bonds. The summed E-state index contributed by atoms with van der Waals surface area (Å²) in [4.78, 5) is 17.9. The fraction of sp³-hybridized carbons (Fsp3) is 0.429. The Morgan fingerprint density at radius 1 is 1.41 bits per heavy atom. The maximum atomic E-state index is 12.1. The molecule has 0 saturated carbocycles. The molecule has 1 atom stereocenters. The number of hydrogen-bond acceptors (Lipinski definition) is 5. The van der Waals surface area contributed by atoms with Crippen molar-refractivity contribution in [3.63, 3.8) is 0 Å². The second-order valence-corrected chi connectivity index (χ2v) is 6.73. The molecule has 0 saturated heterocycles. The van der Waals surface area contributed by atoms with Crippen LogP contribution >= 0.6 is 0 Å². The molecule has 0 aromatic heterocycles. The molecule has 0 aliphatic carbocycles. The first-order valence-corrected chi connectivity index (χ1v) is 8.26. The number of hydrogen-bond donors (Lipinski definition) is 1. The minimum atomic E-state index is -3.57. The number of amidine groups is 1. The number of ether oxygens (including phenoxy) is 1. The van der Waals surface area contributed by atoms with Gasteiger partial charge in [0.25, 0.3) is 10.0 Å².